The fraction of sp³-hybridized carbons (Fsp3) is 0.357. The van der Waals surface area contributed by atoms with Gasteiger partial charge in [0.2, 0.25) is 0 Å². The first kappa shape index (κ1) is 16.3. The number of rotatable bonds is 5. The van der Waals surface area contributed by atoms with Crippen molar-refractivity contribution in [2.45, 2.75) is 26.2 Å². The molecule has 0 aliphatic rings. The number of ketones is 1. The van der Waals surface area contributed by atoms with Crippen molar-refractivity contribution in [3.05, 3.63) is 39.4 Å². The van der Waals surface area contributed by atoms with Crippen LogP contribution in [-0.2, 0) is 19.7 Å². The molecule has 1 atom stereocenters. The maximum absolute atomic E-state index is 12.1. The van der Waals surface area contributed by atoms with Crippen molar-refractivity contribution < 1.29 is 19.2 Å². The summed E-state index contributed by atoms with van der Waals surface area (Å²) in [5, 5.41) is 19.9. The van der Waals surface area contributed by atoms with Crippen molar-refractivity contribution in [3.8, 4) is 6.07 Å². The summed E-state index contributed by atoms with van der Waals surface area (Å²) in [6, 6.07) is 5.22. The standard InChI is InChI=1S/C14H14N2O5/c1-4-21-13(18)14(3,9(2)17)12-6-5-11(16(19)20)7-10(12)8-15/h5-7H,4H2,1-3H3. The summed E-state index contributed by atoms with van der Waals surface area (Å²) in [5.41, 5.74) is -1.96. The Hall–Kier alpha value is -2.75. The molecule has 1 unspecified atom stereocenters. The van der Waals surface area contributed by atoms with Gasteiger partial charge in [0.15, 0.2) is 5.78 Å². The predicted octanol–water partition coefficient (Wildman–Crippen LogP) is 1.88. The number of Topliss-reactive ketones (excluding diaryl/α,β-unsaturated/α-hetero) is 1. The lowest BCUT2D eigenvalue weighted by atomic mass is 9.77. The van der Waals surface area contributed by atoms with E-state index >= 15 is 0 Å². The molecule has 21 heavy (non-hydrogen) atoms. The van der Waals surface area contributed by atoms with Crippen LogP contribution in [0.1, 0.15) is 31.9 Å². The van der Waals surface area contributed by atoms with Crippen molar-refractivity contribution in [2.75, 3.05) is 6.61 Å². The molecule has 0 radical (unpaired) electrons. The van der Waals surface area contributed by atoms with Crippen molar-refractivity contribution in [1.82, 2.24) is 0 Å². The van der Waals surface area contributed by atoms with Gasteiger partial charge in [-0.2, -0.15) is 5.26 Å². The molecule has 0 bridgehead atoms. The average Bonchev–Trinajstić information content (AvgIpc) is 2.45. The van der Waals surface area contributed by atoms with Crippen molar-refractivity contribution in [1.29, 1.82) is 5.26 Å². The van der Waals surface area contributed by atoms with Crippen LogP contribution in [0.25, 0.3) is 0 Å². The highest BCUT2D eigenvalue weighted by Gasteiger charge is 2.43. The van der Waals surface area contributed by atoms with Gasteiger partial charge in [0.25, 0.3) is 5.69 Å². The summed E-state index contributed by atoms with van der Waals surface area (Å²) in [5.74, 6) is -1.30. The number of non-ortho nitro benzene ring substituents is 1. The number of nitriles is 1. The highest BCUT2D eigenvalue weighted by molar-refractivity contribution is 6.08. The Bertz CT molecular complexity index is 647. The minimum atomic E-state index is -1.67. The quantitative estimate of drug-likeness (QED) is 0.354. The van der Waals surface area contributed by atoms with Crippen LogP contribution in [0.2, 0.25) is 0 Å². The van der Waals surface area contributed by atoms with E-state index in [1.165, 1.54) is 19.9 Å². The van der Waals surface area contributed by atoms with Gasteiger partial charge in [-0.3, -0.25) is 19.7 Å². The van der Waals surface area contributed by atoms with Gasteiger partial charge in [-0.1, -0.05) is 0 Å². The van der Waals surface area contributed by atoms with Crippen LogP contribution in [-0.4, -0.2) is 23.3 Å². The van der Waals surface area contributed by atoms with E-state index in [-0.39, 0.29) is 23.4 Å². The normalized spacial score (nSPS) is 12.9. The van der Waals surface area contributed by atoms with Gasteiger partial charge < -0.3 is 4.74 Å². The van der Waals surface area contributed by atoms with E-state index in [0.717, 1.165) is 12.1 Å². The fourth-order valence-corrected chi connectivity index (χ4v) is 1.89. The van der Waals surface area contributed by atoms with Crippen LogP contribution < -0.4 is 0 Å². The number of nitro groups is 1. The van der Waals surface area contributed by atoms with Crippen LogP contribution >= 0.6 is 0 Å². The molecule has 1 aromatic rings. The van der Waals surface area contributed by atoms with Crippen LogP contribution in [0.5, 0.6) is 0 Å². The molecule has 1 rings (SSSR count). The summed E-state index contributed by atoms with van der Waals surface area (Å²) in [4.78, 5) is 34.1. The molecule has 0 fully saturated rings. The minimum Gasteiger partial charge on any atom is -0.465 e. The largest absolute Gasteiger partial charge is 0.465 e. The number of nitrogens with zero attached hydrogens (tertiary/aromatic N) is 2. The third kappa shape index (κ3) is 2.89. The van der Waals surface area contributed by atoms with Gasteiger partial charge >= 0.3 is 5.97 Å². The number of benzene rings is 1. The molecule has 0 saturated heterocycles. The molecule has 0 aliphatic heterocycles. The van der Waals surface area contributed by atoms with E-state index in [0.29, 0.717) is 0 Å². The Balaban J connectivity index is 3.54. The van der Waals surface area contributed by atoms with E-state index in [1.54, 1.807) is 13.0 Å². The molecular formula is C14H14N2O5. The first-order valence-electron chi connectivity index (χ1n) is 6.16. The highest BCUT2D eigenvalue weighted by atomic mass is 16.6. The van der Waals surface area contributed by atoms with Gasteiger partial charge in [-0.05, 0) is 32.4 Å². The van der Waals surface area contributed by atoms with E-state index in [4.69, 9.17) is 10.00 Å². The SMILES string of the molecule is CCOC(=O)C(C)(C(C)=O)c1ccc([N+](=O)[O-])cc1C#N. The molecular weight excluding hydrogens is 276 g/mol. The predicted molar refractivity (Wildman–Crippen MR) is 72.5 cm³/mol. The lowest BCUT2D eigenvalue weighted by Gasteiger charge is -2.25. The van der Waals surface area contributed by atoms with Crippen LogP contribution in [0.15, 0.2) is 18.2 Å². The topological polar surface area (TPSA) is 110 Å². The van der Waals surface area contributed by atoms with Crippen molar-refractivity contribution in [2.24, 2.45) is 0 Å². The summed E-state index contributed by atoms with van der Waals surface area (Å²) < 4.78 is 4.90. The van der Waals surface area contributed by atoms with Crippen LogP contribution in [0.3, 0.4) is 0 Å². The first-order valence-corrected chi connectivity index (χ1v) is 6.16. The molecule has 1 aromatic carbocycles. The number of carbonyl (C=O) groups is 2. The number of ether oxygens (including phenoxy) is 1. The Morgan fingerprint density at radius 1 is 1.48 bits per heavy atom. The molecule has 0 spiro atoms. The van der Waals surface area contributed by atoms with Crippen molar-refractivity contribution in [3.63, 3.8) is 0 Å². The molecule has 0 aliphatic carbocycles. The molecule has 110 valence electrons. The first-order chi connectivity index (χ1) is 9.78. The van der Waals surface area contributed by atoms with Gasteiger partial charge in [-0.25, -0.2) is 0 Å². The fourth-order valence-electron chi connectivity index (χ4n) is 1.89. The Kier molecular flexibility index (Phi) is 4.76. The monoisotopic (exact) mass is 290 g/mol. The number of hydrogen-bond donors (Lipinski definition) is 0. The second-order valence-corrected chi connectivity index (χ2v) is 4.50. The Morgan fingerprint density at radius 3 is 2.52 bits per heavy atom. The zero-order valence-electron chi connectivity index (χ0n) is 11.9. The second kappa shape index (κ2) is 6.13. The lowest BCUT2D eigenvalue weighted by Crippen LogP contribution is -2.41. The van der Waals surface area contributed by atoms with Gasteiger partial charge in [0.1, 0.15) is 5.41 Å². The van der Waals surface area contributed by atoms with Gasteiger partial charge in [0, 0.05) is 12.1 Å². The third-order valence-electron chi connectivity index (χ3n) is 3.26. The van der Waals surface area contributed by atoms with Crippen LogP contribution in [0, 0.1) is 21.4 Å². The summed E-state index contributed by atoms with van der Waals surface area (Å²) in [6.45, 7) is 4.23. The molecule has 7 heteroatoms. The molecule has 0 heterocycles. The zero-order chi connectivity index (χ0) is 16.2. The second-order valence-electron chi connectivity index (χ2n) is 4.50. The highest BCUT2D eigenvalue weighted by Crippen LogP contribution is 2.31. The van der Waals surface area contributed by atoms with E-state index in [9.17, 15) is 19.7 Å². The lowest BCUT2D eigenvalue weighted by molar-refractivity contribution is -0.384. The maximum Gasteiger partial charge on any atom is 0.323 e. The van der Waals surface area contributed by atoms with Gasteiger partial charge in [-0.15, -0.1) is 0 Å². The third-order valence-corrected chi connectivity index (χ3v) is 3.26. The molecule has 0 aromatic heterocycles. The number of nitro benzene ring substituents is 1. The number of carbonyl (C=O) groups excluding carboxylic acids is 2. The Morgan fingerprint density at radius 2 is 2.10 bits per heavy atom. The number of hydrogen-bond acceptors (Lipinski definition) is 6. The molecule has 0 amide bonds. The summed E-state index contributed by atoms with van der Waals surface area (Å²) in [7, 11) is 0. The smallest absolute Gasteiger partial charge is 0.323 e. The van der Waals surface area contributed by atoms with E-state index in [2.05, 4.69) is 0 Å². The van der Waals surface area contributed by atoms with E-state index in [1.807, 2.05) is 0 Å². The van der Waals surface area contributed by atoms with Gasteiger partial charge in [0.05, 0.1) is 23.2 Å². The number of esters is 1. The summed E-state index contributed by atoms with van der Waals surface area (Å²) >= 11 is 0. The average molecular weight is 290 g/mol. The van der Waals surface area contributed by atoms with Crippen molar-refractivity contribution >= 4 is 17.4 Å². The zero-order valence-corrected chi connectivity index (χ0v) is 11.9. The molecule has 0 saturated carbocycles. The van der Waals surface area contributed by atoms with E-state index < -0.39 is 22.1 Å². The molecule has 0 N–H and O–H groups in total. The summed E-state index contributed by atoms with van der Waals surface area (Å²) in [6.07, 6.45) is 0. The van der Waals surface area contributed by atoms with Crippen LogP contribution in [0.4, 0.5) is 5.69 Å². The minimum absolute atomic E-state index is 0.0799. The Labute approximate surface area is 121 Å². The molecule has 7 nitrogen and oxygen atoms in total. The maximum atomic E-state index is 12.1.